The number of hydrazine groups is 1. The van der Waals surface area contributed by atoms with E-state index in [1.807, 2.05) is 107 Å². The summed E-state index contributed by atoms with van der Waals surface area (Å²) in [4.78, 5) is 59.3. The molecule has 0 spiro atoms. The molecule has 2 heterocycles. The lowest BCUT2D eigenvalue weighted by atomic mass is 9.49. The van der Waals surface area contributed by atoms with Crippen LogP contribution in [0.5, 0.6) is 5.75 Å². The van der Waals surface area contributed by atoms with Gasteiger partial charge < -0.3 is 9.84 Å². The third kappa shape index (κ3) is 4.78. The Kier molecular flexibility index (Phi) is 7.78. The number of nitrogens with one attached hydrogen (secondary N) is 1. The van der Waals surface area contributed by atoms with Crippen LogP contribution in [0.15, 0.2) is 90.5 Å². The highest BCUT2D eigenvalue weighted by molar-refractivity contribution is 6.13. The lowest BCUT2D eigenvalue weighted by Crippen LogP contribution is -2.53. The highest BCUT2D eigenvalue weighted by Gasteiger charge is 2.70. The molecule has 3 aromatic carbocycles. The predicted octanol–water partition coefficient (Wildman–Crippen LogP) is 5.15. The number of anilines is 1. The van der Waals surface area contributed by atoms with E-state index >= 15 is 4.79 Å². The second-order valence-corrected chi connectivity index (χ2v) is 14.4. The zero-order valence-electron chi connectivity index (χ0n) is 27.7. The van der Waals surface area contributed by atoms with Gasteiger partial charge in [-0.1, -0.05) is 71.8 Å². The number of imide groups is 2. The summed E-state index contributed by atoms with van der Waals surface area (Å²) in [6.07, 6.45) is 2.70. The van der Waals surface area contributed by atoms with E-state index in [9.17, 15) is 19.5 Å². The fourth-order valence-electron chi connectivity index (χ4n) is 8.70. The van der Waals surface area contributed by atoms with Crippen LogP contribution >= 0.6 is 0 Å². The Bertz CT molecular complexity index is 1800. The van der Waals surface area contributed by atoms with E-state index in [1.54, 1.807) is 0 Å². The van der Waals surface area contributed by atoms with Crippen LogP contribution in [0.25, 0.3) is 0 Å². The first-order chi connectivity index (χ1) is 23.0. The van der Waals surface area contributed by atoms with Crippen molar-refractivity contribution < 1.29 is 29.0 Å². The van der Waals surface area contributed by atoms with Crippen molar-refractivity contribution in [1.29, 1.82) is 0 Å². The Morgan fingerprint density at radius 3 is 2.21 bits per heavy atom. The van der Waals surface area contributed by atoms with Gasteiger partial charge in [-0.2, -0.15) is 5.01 Å². The van der Waals surface area contributed by atoms with Gasteiger partial charge in [-0.05, 0) is 81.8 Å². The molecule has 2 N–H and O–H groups in total. The second kappa shape index (κ2) is 11.7. The Balaban J connectivity index is 1.42. The standard InChI is InChI=1S/C39H41N3O6/c1-23-10-14-26(15-11-23)40-42-35(45)31-22-30-28(18-19-29-32(30)36(46)41(34(29)44)38(2,3)4)33(24-12-16-27(17-13-24)48-21-20-43)39(31,37(42)47)25-8-6-5-7-9-25/h5-18,29-33,40,43H,19-22H2,1-4H3. The van der Waals surface area contributed by atoms with E-state index in [1.165, 1.54) is 9.91 Å². The molecule has 0 radical (unpaired) electrons. The van der Waals surface area contributed by atoms with Gasteiger partial charge in [-0.3, -0.25) is 29.5 Å². The largest absolute Gasteiger partial charge is 0.491 e. The molecule has 9 nitrogen and oxygen atoms in total. The molecule has 6 unspecified atom stereocenters. The summed E-state index contributed by atoms with van der Waals surface area (Å²) in [5.74, 6) is -3.51. The summed E-state index contributed by atoms with van der Waals surface area (Å²) in [6.45, 7) is 7.59. The summed E-state index contributed by atoms with van der Waals surface area (Å²) in [5, 5.41) is 10.5. The van der Waals surface area contributed by atoms with Crippen LogP contribution in [0.2, 0.25) is 0 Å². The van der Waals surface area contributed by atoms with Crippen molar-refractivity contribution in [3.8, 4) is 5.75 Å². The number of likely N-dealkylation sites (tertiary alicyclic amines) is 1. The number of fused-ring (bicyclic) bond motifs is 4. The van der Waals surface area contributed by atoms with E-state index < -0.39 is 40.5 Å². The number of aliphatic hydroxyl groups excluding tert-OH is 1. The number of rotatable bonds is 7. The molecule has 7 rings (SSSR count). The van der Waals surface area contributed by atoms with E-state index in [4.69, 9.17) is 4.74 Å². The summed E-state index contributed by atoms with van der Waals surface area (Å²) in [7, 11) is 0. The first-order valence-corrected chi connectivity index (χ1v) is 16.7. The Morgan fingerprint density at radius 1 is 0.875 bits per heavy atom. The number of benzene rings is 3. The fourth-order valence-corrected chi connectivity index (χ4v) is 8.70. The molecular formula is C39H41N3O6. The van der Waals surface area contributed by atoms with Crippen LogP contribution in [-0.2, 0) is 24.6 Å². The number of hydrogen-bond donors (Lipinski definition) is 2. The van der Waals surface area contributed by atoms with Crippen LogP contribution < -0.4 is 10.2 Å². The average molecular weight is 648 g/mol. The van der Waals surface area contributed by atoms with Gasteiger partial charge in [0, 0.05) is 11.5 Å². The Labute approximate surface area is 280 Å². The molecule has 0 bridgehead atoms. The summed E-state index contributed by atoms with van der Waals surface area (Å²) in [6, 6.07) is 24.4. The molecule has 3 aromatic rings. The average Bonchev–Trinajstić information content (AvgIpc) is 3.46. The van der Waals surface area contributed by atoms with Crippen molar-refractivity contribution >= 4 is 29.3 Å². The number of amides is 4. The van der Waals surface area contributed by atoms with E-state index in [0.29, 0.717) is 17.9 Å². The summed E-state index contributed by atoms with van der Waals surface area (Å²) >= 11 is 0. The molecule has 248 valence electrons. The van der Waals surface area contributed by atoms with Gasteiger partial charge in [0.2, 0.25) is 11.8 Å². The first-order valence-electron chi connectivity index (χ1n) is 16.7. The van der Waals surface area contributed by atoms with Gasteiger partial charge in [-0.25, -0.2) is 0 Å². The molecule has 9 heteroatoms. The molecule has 0 aromatic heterocycles. The smallest absolute Gasteiger partial charge is 0.260 e. The summed E-state index contributed by atoms with van der Waals surface area (Å²) in [5.41, 5.74) is 5.22. The molecule has 2 saturated heterocycles. The van der Waals surface area contributed by atoms with Gasteiger partial charge in [0.15, 0.2) is 0 Å². The molecule has 3 fully saturated rings. The van der Waals surface area contributed by atoms with Crippen LogP contribution in [0.4, 0.5) is 5.69 Å². The second-order valence-electron chi connectivity index (χ2n) is 14.4. The maximum atomic E-state index is 15.2. The topological polar surface area (TPSA) is 116 Å². The molecule has 6 atom stereocenters. The molecular weight excluding hydrogens is 606 g/mol. The van der Waals surface area contributed by atoms with Crippen LogP contribution in [0, 0.1) is 30.6 Å². The number of hydrogen-bond acceptors (Lipinski definition) is 7. The lowest BCUT2D eigenvalue weighted by Gasteiger charge is -2.50. The van der Waals surface area contributed by atoms with Crippen LogP contribution in [0.1, 0.15) is 56.2 Å². The third-order valence-corrected chi connectivity index (χ3v) is 10.6. The number of carbonyl (C=O) groups excluding carboxylic acids is 4. The maximum absolute atomic E-state index is 15.2. The third-order valence-electron chi connectivity index (χ3n) is 10.6. The quantitative estimate of drug-likeness (QED) is 0.269. The number of carbonyl (C=O) groups is 4. The molecule has 48 heavy (non-hydrogen) atoms. The van der Waals surface area contributed by atoms with Crippen molar-refractivity contribution in [3.05, 3.63) is 107 Å². The molecule has 4 amide bonds. The van der Waals surface area contributed by atoms with Crippen LogP contribution in [0.3, 0.4) is 0 Å². The Hall–Kier alpha value is -4.76. The van der Waals surface area contributed by atoms with Crippen molar-refractivity contribution in [2.45, 2.75) is 57.4 Å². The van der Waals surface area contributed by atoms with E-state index in [-0.39, 0.29) is 43.3 Å². The first kappa shape index (κ1) is 31.8. The zero-order valence-corrected chi connectivity index (χ0v) is 27.7. The van der Waals surface area contributed by atoms with Crippen molar-refractivity contribution in [2.75, 3.05) is 18.6 Å². The number of ether oxygens (including phenoxy) is 1. The van der Waals surface area contributed by atoms with E-state index in [2.05, 4.69) is 11.5 Å². The molecule has 1 saturated carbocycles. The highest BCUT2D eigenvalue weighted by atomic mass is 16.5. The van der Waals surface area contributed by atoms with Gasteiger partial charge >= 0.3 is 0 Å². The number of nitrogens with zero attached hydrogens (tertiary/aromatic N) is 2. The Morgan fingerprint density at radius 2 is 1.56 bits per heavy atom. The normalized spacial score (nSPS) is 28.2. The summed E-state index contributed by atoms with van der Waals surface area (Å²) < 4.78 is 5.67. The van der Waals surface area contributed by atoms with Crippen molar-refractivity contribution in [2.24, 2.45) is 23.7 Å². The monoisotopic (exact) mass is 647 g/mol. The lowest BCUT2D eigenvalue weighted by molar-refractivity contribution is -0.146. The molecule has 2 aliphatic heterocycles. The van der Waals surface area contributed by atoms with Gasteiger partial charge in [0.1, 0.15) is 12.4 Å². The van der Waals surface area contributed by atoms with Gasteiger partial charge in [0.05, 0.1) is 35.5 Å². The predicted molar refractivity (Wildman–Crippen MR) is 179 cm³/mol. The fraction of sp³-hybridized carbons (Fsp3) is 0.385. The SMILES string of the molecule is Cc1ccc(NN2C(=O)C3CC4C(=CCC5C(=O)N(C(C)(C)C)C(=O)C54)C(c4ccc(OCCO)cc4)C3(c3ccccc3)C2=O)cc1. The van der Waals surface area contributed by atoms with E-state index in [0.717, 1.165) is 22.3 Å². The minimum absolute atomic E-state index is 0.126. The number of aliphatic hydroxyl groups is 1. The van der Waals surface area contributed by atoms with Crippen molar-refractivity contribution in [3.63, 3.8) is 0 Å². The number of aryl methyl sites for hydroxylation is 1. The maximum Gasteiger partial charge on any atom is 0.260 e. The van der Waals surface area contributed by atoms with Crippen molar-refractivity contribution in [1.82, 2.24) is 9.91 Å². The molecule has 2 aliphatic carbocycles. The minimum atomic E-state index is -1.33. The number of allylic oxidation sites excluding steroid dienone is 2. The van der Waals surface area contributed by atoms with Gasteiger partial charge in [-0.15, -0.1) is 0 Å². The van der Waals surface area contributed by atoms with Gasteiger partial charge in [0.25, 0.3) is 11.8 Å². The minimum Gasteiger partial charge on any atom is -0.491 e. The zero-order chi connectivity index (χ0) is 34.0. The van der Waals surface area contributed by atoms with Crippen LogP contribution in [-0.4, -0.2) is 57.4 Å². The molecule has 4 aliphatic rings. The highest BCUT2D eigenvalue weighted by Crippen LogP contribution is 2.64.